The molecule has 0 amide bonds. The first-order valence-electron chi connectivity index (χ1n) is 8.19. The van der Waals surface area contributed by atoms with Gasteiger partial charge >= 0.3 is 21.9 Å². The fraction of sp³-hybridized carbons (Fsp3) is 0.545. The molecule has 0 bridgehead atoms. The lowest BCUT2D eigenvalue weighted by Gasteiger charge is -2.20. The van der Waals surface area contributed by atoms with E-state index in [0.717, 1.165) is 6.33 Å². The molecule has 20 heteroatoms. The largest absolute Gasteiger partial charge is 0.387 e. The highest BCUT2D eigenvalue weighted by atomic mass is 32.5. The standard InChI is InChI=1S/C11H18N5O11P3S/c12-9-6-10(14-2-13-9)16(3-15-6)11-8(18)7(17)5(26-11)1-25-28(19,20)4-29(21,22)27-30(23,24)31/h2-3,5,7-8,11,17-18H,1,4H2,(H,19,20)(H,21,22)(H2,12,13,14)(H2,23,24,31)/t5-,7?,8+,11-/m1/s1. The second-order valence-corrected chi connectivity index (χ2v) is 13.4. The van der Waals surface area contributed by atoms with Crippen molar-refractivity contribution in [3.8, 4) is 0 Å². The smallest absolute Gasteiger partial charge is 0.347 e. The maximum Gasteiger partial charge on any atom is 0.347 e. The highest BCUT2D eigenvalue weighted by molar-refractivity contribution is 8.08. The summed E-state index contributed by atoms with van der Waals surface area (Å²) in [7, 11) is -9.83. The molecular formula is C11H18N5O11P3S. The van der Waals surface area contributed by atoms with Crippen molar-refractivity contribution in [1.29, 1.82) is 0 Å². The number of fused-ring (bicyclic) bond motifs is 1. The third-order valence-electron chi connectivity index (χ3n) is 4.03. The molecule has 3 rings (SSSR count). The lowest BCUT2D eigenvalue weighted by atomic mass is 10.1. The van der Waals surface area contributed by atoms with Gasteiger partial charge in [0.2, 0.25) is 0 Å². The second-order valence-electron chi connectivity index (χ2n) is 6.41. The van der Waals surface area contributed by atoms with Gasteiger partial charge in [0.15, 0.2) is 23.6 Å². The number of nitrogens with two attached hydrogens (primary N) is 1. The summed E-state index contributed by atoms with van der Waals surface area (Å²) >= 11 is 4.05. The van der Waals surface area contributed by atoms with Crippen LogP contribution in [-0.4, -0.2) is 80.1 Å². The van der Waals surface area contributed by atoms with Gasteiger partial charge in [-0.05, 0) is 11.8 Å². The molecule has 1 aliphatic rings. The molecule has 0 aliphatic carbocycles. The van der Waals surface area contributed by atoms with E-state index in [4.69, 9.17) is 24.8 Å². The Hall–Kier alpha value is -0.900. The molecule has 0 spiro atoms. The molecule has 1 aliphatic heterocycles. The van der Waals surface area contributed by atoms with E-state index >= 15 is 0 Å². The fourth-order valence-corrected chi connectivity index (χ4v) is 8.25. The monoisotopic (exact) mass is 521 g/mol. The van der Waals surface area contributed by atoms with Crippen LogP contribution in [0.2, 0.25) is 0 Å². The van der Waals surface area contributed by atoms with Crippen LogP contribution in [0, 0.1) is 0 Å². The Labute approximate surface area is 178 Å². The molecule has 3 unspecified atom stereocenters. The molecule has 1 fully saturated rings. The van der Waals surface area contributed by atoms with Crippen molar-refractivity contribution in [2.24, 2.45) is 0 Å². The average Bonchev–Trinajstić information content (AvgIpc) is 3.13. The number of hydrogen-bond acceptors (Lipinski definition) is 12. The van der Waals surface area contributed by atoms with E-state index in [2.05, 4.69) is 31.1 Å². The zero-order chi connectivity index (χ0) is 23.2. The van der Waals surface area contributed by atoms with E-state index in [-0.39, 0.29) is 17.0 Å². The van der Waals surface area contributed by atoms with E-state index in [9.17, 15) is 29.1 Å². The van der Waals surface area contributed by atoms with Crippen LogP contribution in [0.3, 0.4) is 0 Å². The van der Waals surface area contributed by atoms with Gasteiger partial charge in [-0.25, -0.2) is 19.3 Å². The number of aromatic nitrogens is 4. The minimum atomic E-state index is -4.99. The van der Waals surface area contributed by atoms with Crippen molar-refractivity contribution < 1.29 is 52.5 Å². The molecule has 0 radical (unpaired) electrons. The third kappa shape index (κ3) is 5.92. The summed E-state index contributed by atoms with van der Waals surface area (Å²) < 4.78 is 39.2. The van der Waals surface area contributed by atoms with Gasteiger partial charge in [0.25, 0.3) is 0 Å². The zero-order valence-corrected chi connectivity index (χ0v) is 18.7. The number of hydrogen-bond donors (Lipinski definition) is 7. The number of aliphatic hydroxyl groups excluding tert-OH is 2. The average molecular weight is 521 g/mol. The highest BCUT2D eigenvalue weighted by Gasteiger charge is 2.46. The van der Waals surface area contributed by atoms with Crippen LogP contribution in [0.1, 0.15) is 6.23 Å². The Morgan fingerprint density at radius 2 is 1.81 bits per heavy atom. The van der Waals surface area contributed by atoms with Crippen LogP contribution in [-0.2, 0) is 34.5 Å². The number of aliphatic hydroxyl groups is 2. The first-order valence-corrected chi connectivity index (χ1v) is 14.3. The van der Waals surface area contributed by atoms with E-state index in [1.165, 1.54) is 10.9 Å². The van der Waals surface area contributed by atoms with Gasteiger partial charge in [-0.3, -0.25) is 13.7 Å². The maximum atomic E-state index is 12.1. The highest BCUT2D eigenvalue weighted by Crippen LogP contribution is 2.64. The minimum Gasteiger partial charge on any atom is -0.387 e. The molecule has 31 heavy (non-hydrogen) atoms. The quantitative estimate of drug-likeness (QED) is 0.197. The first-order chi connectivity index (χ1) is 14.2. The third-order valence-corrected chi connectivity index (χ3v) is 9.91. The number of rotatable bonds is 8. The number of anilines is 1. The van der Waals surface area contributed by atoms with Crippen molar-refractivity contribution in [2.45, 2.75) is 24.5 Å². The SMILES string of the molecule is Nc1ncnc2c1ncn2[C@@H]1O[C@H](COP(=O)(O)CP(=O)(O)OP(O)(O)=S)C(O)[C@@H]1O. The topological polar surface area (TPSA) is 253 Å². The molecule has 2 aromatic heterocycles. The van der Waals surface area contributed by atoms with E-state index in [1.807, 2.05) is 0 Å². The Morgan fingerprint density at radius 3 is 2.45 bits per heavy atom. The van der Waals surface area contributed by atoms with E-state index < -0.39 is 59.0 Å². The summed E-state index contributed by atoms with van der Waals surface area (Å²) in [6.07, 6.45) is -3.27. The Balaban J connectivity index is 1.69. The molecule has 0 aromatic carbocycles. The normalized spacial score (nSPS) is 28.5. The van der Waals surface area contributed by atoms with Gasteiger partial charge < -0.3 is 44.8 Å². The van der Waals surface area contributed by atoms with Crippen LogP contribution in [0.5, 0.6) is 0 Å². The molecule has 16 nitrogen and oxygen atoms in total. The molecular weight excluding hydrogens is 503 g/mol. The van der Waals surface area contributed by atoms with Crippen LogP contribution < -0.4 is 5.73 Å². The molecule has 3 heterocycles. The van der Waals surface area contributed by atoms with Crippen LogP contribution in [0.25, 0.3) is 11.2 Å². The van der Waals surface area contributed by atoms with Crippen molar-refractivity contribution in [3.05, 3.63) is 12.7 Å². The van der Waals surface area contributed by atoms with E-state index in [0.29, 0.717) is 0 Å². The van der Waals surface area contributed by atoms with Gasteiger partial charge in [-0.1, -0.05) is 0 Å². The minimum absolute atomic E-state index is 0.0739. The van der Waals surface area contributed by atoms with Crippen molar-refractivity contribution >= 4 is 50.7 Å². The Kier molecular flexibility index (Phi) is 7.02. The number of imidazole rings is 1. The summed E-state index contributed by atoms with van der Waals surface area (Å²) in [4.78, 5) is 48.9. The molecule has 2 aromatic rings. The molecule has 174 valence electrons. The summed E-state index contributed by atoms with van der Waals surface area (Å²) in [5.74, 6) is -1.43. The van der Waals surface area contributed by atoms with Crippen molar-refractivity contribution in [2.75, 3.05) is 18.2 Å². The molecule has 1 saturated heterocycles. The summed E-state index contributed by atoms with van der Waals surface area (Å²) in [6, 6.07) is 0. The van der Waals surface area contributed by atoms with Gasteiger partial charge in [0.05, 0.1) is 12.9 Å². The fourth-order valence-electron chi connectivity index (χ4n) is 2.80. The van der Waals surface area contributed by atoms with Gasteiger partial charge in [-0.2, -0.15) is 0 Å². The molecule has 8 N–H and O–H groups in total. The van der Waals surface area contributed by atoms with E-state index in [1.54, 1.807) is 0 Å². The molecule has 0 saturated carbocycles. The summed E-state index contributed by atoms with van der Waals surface area (Å²) in [5, 5.41) is 20.5. The van der Waals surface area contributed by atoms with Crippen LogP contribution >= 0.6 is 21.9 Å². The van der Waals surface area contributed by atoms with Crippen molar-refractivity contribution in [3.63, 3.8) is 0 Å². The first kappa shape index (κ1) is 24.7. The van der Waals surface area contributed by atoms with Crippen LogP contribution in [0.15, 0.2) is 12.7 Å². The van der Waals surface area contributed by atoms with Gasteiger partial charge in [0, 0.05) is 0 Å². The number of nitrogens with zero attached hydrogens (tertiary/aromatic N) is 4. The number of ether oxygens (including phenoxy) is 1. The second kappa shape index (κ2) is 8.80. The Morgan fingerprint density at radius 1 is 1.13 bits per heavy atom. The predicted molar refractivity (Wildman–Crippen MR) is 106 cm³/mol. The lowest BCUT2D eigenvalue weighted by molar-refractivity contribution is -0.0483. The van der Waals surface area contributed by atoms with Gasteiger partial charge in [0.1, 0.15) is 30.2 Å². The number of nitrogen functional groups attached to an aromatic ring is 1. The predicted octanol–water partition coefficient (Wildman–Crippen LogP) is -1.40. The summed E-state index contributed by atoms with van der Waals surface area (Å²) in [5.41, 5.74) is 6.11. The van der Waals surface area contributed by atoms with Crippen molar-refractivity contribution in [1.82, 2.24) is 19.5 Å². The van der Waals surface area contributed by atoms with Crippen LogP contribution in [0.4, 0.5) is 5.82 Å². The maximum absolute atomic E-state index is 12.1. The van der Waals surface area contributed by atoms with Gasteiger partial charge in [-0.15, -0.1) is 0 Å². The Bertz CT molecular complexity index is 1110. The summed E-state index contributed by atoms with van der Waals surface area (Å²) in [6.45, 7) is -5.36. The lowest BCUT2D eigenvalue weighted by Crippen LogP contribution is -2.33. The zero-order valence-electron chi connectivity index (χ0n) is 15.2. The molecule has 6 atom stereocenters.